The molecule has 2 fully saturated rings. The molecule has 1 saturated heterocycles. The summed E-state index contributed by atoms with van der Waals surface area (Å²) >= 11 is 6.26. The Morgan fingerprint density at radius 1 is 1.60 bits per heavy atom. The van der Waals surface area contributed by atoms with E-state index in [4.69, 9.17) is 11.6 Å². The van der Waals surface area contributed by atoms with Gasteiger partial charge in [-0.05, 0) is 38.1 Å². The average molecular weight is 226 g/mol. The molecule has 82 valence electrons. The van der Waals surface area contributed by atoms with Crippen LogP contribution in [0.5, 0.6) is 0 Å². The van der Waals surface area contributed by atoms with E-state index in [0.717, 1.165) is 17.5 Å². The highest BCUT2D eigenvalue weighted by molar-refractivity contribution is 6.31. The van der Waals surface area contributed by atoms with Crippen molar-refractivity contribution in [3.05, 3.63) is 16.9 Å². The highest BCUT2D eigenvalue weighted by Gasteiger charge is 2.50. The van der Waals surface area contributed by atoms with Gasteiger partial charge >= 0.3 is 0 Å². The molecule has 4 heteroatoms. The highest BCUT2D eigenvalue weighted by Crippen LogP contribution is 2.51. The Labute approximate surface area is 94.8 Å². The second-order valence-electron chi connectivity index (χ2n) is 4.74. The molecule has 15 heavy (non-hydrogen) atoms. The predicted octanol–water partition coefficient (Wildman–Crippen LogP) is 2.06. The topological polar surface area (TPSA) is 29.9 Å². The monoisotopic (exact) mass is 225 g/mol. The molecule has 2 aliphatic rings. The van der Waals surface area contributed by atoms with Crippen molar-refractivity contribution < 1.29 is 0 Å². The normalized spacial score (nSPS) is 31.1. The van der Waals surface area contributed by atoms with Gasteiger partial charge in [0.15, 0.2) is 0 Å². The first kappa shape index (κ1) is 9.67. The van der Waals surface area contributed by atoms with Gasteiger partial charge in [0.05, 0.1) is 22.5 Å². The molecule has 1 unspecified atom stereocenters. The van der Waals surface area contributed by atoms with Crippen molar-refractivity contribution in [1.29, 1.82) is 0 Å². The zero-order valence-electron chi connectivity index (χ0n) is 8.96. The van der Waals surface area contributed by atoms with Crippen molar-refractivity contribution in [2.45, 2.75) is 31.2 Å². The van der Waals surface area contributed by atoms with E-state index in [1.807, 2.05) is 11.7 Å². The Hall–Kier alpha value is -0.540. The van der Waals surface area contributed by atoms with Crippen LogP contribution in [0.2, 0.25) is 5.02 Å². The lowest BCUT2D eigenvalue weighted by atomic mass is 9.87. The molecule has 0 amide bonds. The molecule has 1 atom stereocenters. The van der Waals surface area contributed by atoms with Crippen LogP contribution >= 0.6 is 11.6 Å². The third-order valence-electron chi connectivity index (χ3n) is 3.78. The number of rotatable bonds is 2. The van der Waals surface area contributed by atoms with E-state index in [1.54, 1.807) is 6.20 Å². The molecule has 1 aliphatic carbocycles. The molecule has 3 nitrogen and oxygen atoms in total. The first-order valence-electron chi connectivity index (χ1n) is 5.67. The van der Waals surface area contributed by atoms with E-state index < -0.39 is 0 Å². The Morgan fingerprint density at radius 3 is 2.87 bits per heavy atom. The van der Waals surface area contributed by atoms with Gasteiger partial charge in [0, 0.05) is 7.05 Å². The number of aromatic nitrogens is 2. The largest absolute Gasteiger partial charge is 0.306 e. The Bertz CT molecular complexity index is 356. The quantitative estimate of drug-likeness (QED) is 0.835. The zero-order valence-corrected chi connectivity index (χ0v) is 9.72. The summed E-state index contributed by atoms with van der Waals surface area (Å²) in [5.74, 6) is 0.771. The molecule has 2 heterocycles. The van der Waals surface area contributed by atoms with Crippen molar-refractivity contribution in [3.8, 4) is 0 Å². The van der Waals surface area contributed by atoms with E-state index in [2.05, 4.69) is 10.4 Å². The fraction of sp³-hybridized carbons (Fsp3) is 0.727. The molecule has 0 aromatic carbocycles. The lowest BCUT2D eigenvalue weighted by Gasteiger charge is -2.30. The van der Waals surface area contributed by atoms with Crippen molar-refractivity contribution in [2.24, 2.45) is 13.0 Å². The third kappa shape index (κ3) is 1.33. The van der Waals surface area contributed by atoms with Crippen LogP contribution in [0.4, 0.5) is 0 Å². The molecule has 0 spiro atoms. The van der Waals surface area contributed by atoms with E-state index in [1.165, 1.54) is 31.4 Å². The second kappa shape index (κ2) is 3.22. The minimum absolute atomic E-state index is 0.127. The second-order valence-corrected chi connectivity index (χ2v) is 5.15. The van der Waals surface area contributed by atoms with Crippen molar-refractivity contribution in [2.75, 3.05) is 6.54 Å². The third-order valence-corrected chi connectivity index (χ3v) is 4.06. The molecule has 1 saturated carbocycles. The number of nitrogens with one attached hydrogen (secondary N) is 1. The number of hydrogen-bond acceptors (Lipinski definition) is 2. The Balaban J connectivity index is 2.08. The van der Waals surface area contributed by atoms with E-state index in [0.29, 0.717) is 0 Å². The first-order chi connectivity index (χ1) is 7.24. The minimum Gasteiger partial charge on any atom is -0.306 e. The van der Waals surface area contributed by atoms with Gasteiger partial charge in [-0.15, -0.1) is 0 Å². The van der Waals surface area contributed by atoms with Crippen LogP contribution in [0, 0.1) is 5.92 Å². The van der Waals surface area contributed by atoms with Crippen LogP contribution in [-0.2, 0) is 12.6 Å². The van der Waals surface area contributed by atoms with Gasteiger partial charge in [0.25, 0.3) is 0 Å². The number of hydrogen-bond donors (Lipinski definition) is 1. The molecule has 1 aromatic rings. The lowest BCUT2D eigenvalue weighted by molar-refractivity contribution is 0.313. The summed E-state index contributed by atoms with van der Waals surface area (Å²) < 4.78 is 1.94. The zero-order chi connectivity index (χ0) is 10.5. The average Bonchev–Trinajstić information content (AvgIpc) is 2.88. The summed E-state index contributed by atoms with van der Waals surface area (Å²) in [7, 11) is 1.99. The maximum absolute atomic E-state index is 6.26. The van der Waals surface area contributed by atoms with Crippen LogP contribution in [0.15, 0.2) is 6.20 Å². The van der Waals surface area contributed by atoms with Crippen LogP contribution in [0.1, 0.15) is 31.4 Å². The van der Waals surface area contributed by atoms with Crippen molar-refractivity contribution >= 4 is 11.6 Å². The van der Waals surface area contributed by atoms with Crippen LogP contribution < -0.4 is 5.32 Å². The number of nitrogens with zero attached hydrogens (tertiary/aromatic N) is 2. The van der Waals surface area contributed by atoms with Crippen LogP contribution in [0.3, 0.4) is 0 Å². The first-order valence-corrected chi connectivity index (χ1v) is 6.05. The van der Waals surface area contributed by atoms with Gasteiger partial charge in [-0.1, -0.05) is 11.6 Å². The van der Waals surface area contributed by atoms with E-state index >= 15 is 0 Å². The fourth-order valence-corrected chi connectivity index (χ4v) is 3.33. The SMILES string of the molecule is Cn1ncc(Cl)c1C1(C2CC2)CCCN1. The molecule has 1 aromatic heterocycles. The molecule has 3 rings (SSSR count). The summed E-state index contributed by atoms with van der Waals surface area (Å²) in [6.07, 6.45) is 6.87. The van der Waals surface area contributed by atoms with Gasteiger partial charge in [0.2, 0.25) is 0 Å². The lowest BCUT2D eigenvalue weighted by Crippen LogP contribution is -2.41. The minimum atomic E-state index is 0.127. The molecular weight excluding hydrogens is 210 g/mol. The molecule has 1 aliphatic heterocycles. The smallest absolute Gasteiger partial charge is 0.0837 e. The summed E-state index contributed by atoms with van der Waals surface area (Å²) in [5.41, 5.74) is 1.33. The molecule has 1 N–H and O–H groups in total. The number of aryl methyl sites for hydroxylation is 1. The maximum atomic E-state index is 6.26. The Morgan fingerprint density at radius 2 is 2.40 bits per heavy atom. The standard InChI is InChI=1S/C11H16ClN3/c1-15-10(9(12)7-14-15)11(8-3-4-8)5-2-6-13-11/h7-8,13H,2-6H2,1H3. The molecular formula is C11H16ClN3. The summed E-state index contributed by atoms with van der Waals surface area (Å²) in [5, 5.41) is 8.75. The van der Waals surface area contributed by atoms with Crippen LogP contribution in [-0.4, -0.2) is 16.3 Å². The van der Waals surface area contributed by atoms with Gasteiger partial charge in [-0.2, -0.15) is 5.10 Å². The maximum Gasteiger partial charge on any atom is 0.0837 e. The summed E-state index contributed by atoms with van der Waals surface area (Å²) in [4.78, 5) is 0. The fourth-order valence-electron chi connectivity index (χ4n) is 3.00. The van der Waals surface area contributed by atoms with E-state index in [9.17, 15) is 0 Å². The van der Waals surface area contributed by atoms with Crippen LogP contribution in [0.25, 0.3) is 0 Å². The van der Waals surface area contributed by atoms with E-state index in [-0.39, 0.29) is 5.54 Å². The Kier molecular flexibility index (Phi) is 2.08. The number of halogens is 1. The van der Waals surface area contributed by atoms with Gasteiger partial charge in [-0.25, -0.2) is 0 Å². The van der Waals surface area contributed by atoms with Gasteiger partial charge in [-0.3, -0.25) is 4.68 Å². The predicted molar refractivity (Wildman–Crippen MR) is 59.9 cm³/mol. The van der Waals surface area contributed by atoms with Gasteiger partial charge in [0.1, 0.15) is 0 Å². The molecule has 0 radical (unpaired) electrons. The van der Waals surface area contributed by atoms with Gasteiger partial charge < -0.3 is 5.32 Å². The van der Waals surface area contributed by atoms with Crippen molar-refractivity contribution in [1.82, 2.24) is 15.1 Å². The summed E-state index contributed by atoms with van der Waals surface area (Å²) in [6.45, 7) is 1.11. The van der Waals surface area contributed by atoms with Crippen molar-refractivity contribution in [3.63, 3.8) is 0 Å². The summed E-state index contributed by atoms with van der Waals surface area (Å²) in [6, 6.07) is 0. The highest BCUT2D eigenvalue weighted by atomic mass is 35.5. The molecule has 0 bridgehead atoms.